The number of aliphatic imine (C=N–C) groups is 1. The van der Waals surface area contributed by atoms with Crippen molar-refractivity contribution in [2.75, 3.05) is 25.1 Å². The lowest BCUT2D eigenvalue weighted by Crippen LogP contribution is -2.19. The van der Waals surface area contributed by atoms with Crippen LogP contribution >= 0.6 is 0 Å². The van der Waals surface area contributed by atoms with Crippen molar-refractivity contribution in [2.45, 2.75) is 46.3 Å². The number of rotatable bonds is 4. The number of aliphatic hydroxyl groups excluding tert-OH is 1. The van der Waals surface area contributed by atoms with Gasteiger partial charge in [0.15, 0.2) is 6.23 Å². The van der Waals surface area contributed by atoms with Crippen LogP contribution in [-0.4, -0.2) is 42.2 Å². The van der Waals surface area contributed by atoms with E-state index in [0.29, 0.717) is 0 Å². The predicted octanol–water partition coefficient (Wildman–Crippen LogP) is 4.35. The third kappa shape index (κ3) is 3.28. The van der Waals surface area contributed by atoms with E-state index in [9.17, 15) is 5.11 Å². The number of fused-ring (bicyclic) bond motifs is 1. The fourth-order valence-corrected chi connectivity index (χ4v) is 4.41. The molecule has 2 unspecified atom stereocenters. The molecule has 0 saturated carbocycles. The second-order valence-corrected chi connectivity index (χ2v) is 7.97. The molecule has 1 saturated heterocycles. The van der Waals surface area contributed by atoms with E-state index in [1.807, 2.05) is 20.0 Å². The van der Waals surface area contributed by atoms with Gasteiger partial charge in [-0.25, -0.2) is 0 Å². The van der Waals surface area contributed by atoms with Gasteiger partial charge in [-0.1, -0.05) is 19.4 Å². The number of dihydropyridines is 1. The maximum atomic E-state index is 10.5. The molecule has 5 nitrogen and oxygen atoms in total. The number of benzene rings is 1. The van der Waals surface area contributed by atoms with Crippen LogP contribution < -0.4 is 9.64 Å². The lowest BCUT2D eigenvalue weighted by Gasteiger charge is -2.22. The van der Waals surface area contributed by atoms with Gasteiger partial charge >= 0.3 is 0 Å². The molecule has 2 atom stereocenters. The zero-order valence-electron chi connectivity index (χ0n) is 17.2. The van der Waals surface area contributed by atoms with Crippen molar-refractivity contribution in [3.63, 3.8) is 0 Å². The highest BCUT2D eigenvalue weighted by Gasteiger charge is 2.24. The molecule has 1 N–H and O–H groups in total. The van der Waals surface area contributed by atoms with E-state index < -0.39 is 6.23 Å². The lowest BCUT2D eigenvalue weighted by atomic mass is 9.94. The van der Waals surface area contributed by atoms with Gasteiger partial charge in [-0.2, -0.15) is 0 Å². The summed E-state index contributed by atoms with van der Waals surface area (Å²) in [6.07, 6.45) is 6.40. The van der Waals surface area contributed by atoms with Gasteiger partial charge in [0.25, 0.3) is 0 Å². The summed E-state index contributed by atoms with van der Waals surface area (Å²) in [5.74, 6) is 1.61. The van der Waals surface area contributed by atoms with Gasteiger partial charge in [-0.3, -0.25) is 9.98 Å². The number of hydrogen-bond acceptors (Lipinski definition) is 5. The molecule has 2 aliphatic rings. The molecule has 148 valence electrons. The fourth-order valence-electron chi connectivity index (χ4n) is 4.41. The van der Waals surface area contributed by atoms with E-state index in [1.165, 1.54) is 12.8 Å². The maximum Gasteiger partial charge on any atom is 0.171 e. The average molecular weight is 380 g/mol. The Labute approximate surface area is 166 Å². The molecule has 0 radical (unpaired) electrons. The zero-order chi connectivity index (χ0) is 19.8. The van der Waals surface area contributed by atoms with Gasteiger partial charge < -0.3 is 14.7 Å². The largest absolute Gasteiger partial charge is 0.496 e. The summed E-state index contributed by atoms with van der Waals surface area (Å²) in [4.78, 5) is 11.6. The van der Waals surface area contributed by atoms with Crippen LogP contribution in [0.25, 0.3) is 16.5 Å². The minimum atomic E-state index is -0.838. The first-order valence-corrected chi connectivity index (χ1v) is 10.2. The van der Waals surface area contributed by atoms with Crippen molar-refractivity contribution in [3.05, 3.63) is 35.5 Å². The summed E-state index contributed by atoms with van der Waals surface area (Å²) in [6, 6.07) is 4.25. The topological polar surface area (TPSA) is 58.0 Å². The zero-order valence-corrected chi connectivity index (χ0v) is 17.2. The fraction of sp³-hybridized carbons (Fsp3) is 0.478. The molecular weight excluding hydrogens is 350 g/mol. The summed E-state index contributed by atoms with van der Waals surface area (Å²) in [7, 11) is 1.71. The molecule has 2 aliphatic heterocycles. The molecule has 0 aliphatic carbocycles. The van der Waals surface area contributed by atoms with Crippen LogP contribution in [0.2, 0.25) is 0 Å². The Morgan fingerprint density at radius 2 is 2.11 bits per heavy atom. The molecule has 5 heteroatoms. The molecule has 0 bridgehead atoms. The van der Waals surface area contributed by atoms with Gasteiger partial charge in [0.1, 0.15) is 5.75 Å². The summed E-state index contributed by atoms with van der Waals surface area (Å²) >= 11 is 0. The van der Waals surface area contributed by atoms with E-state index in [-0.39, 0.29) is 0 Å². The number of pyridine rings is 1. The number of allylic oxidation sites excluding steroid dienone is 1. The SMILES string of the molecule is CCC1CCN(c2cnc3c(C4=CCC(C)=NC4O)cc(C)c(OC)c3c2)C1. The third-order valence-corrected chi connectivity index (χ3v) is 6.07. The Hall–Kier alpha value is -2.40. The first kappa shape index (κ1) is 18.9. The highest BCUT2D eigenvalue weighted by atomic mass is 16.5. The number of aliphatic hydroxyl groups is 1. The van der Waals surface area contributed by atoms with Crippen LogP contribution in [0.4, 0.5) is 5.69 Å². The molecule has 2 aromatic rings. The summed E-state index contributed by atoms with van der Waals surface area (Å²) < 4.78 is 5.74. The smallest absolute Gasteiger partial charge is 0.171 e. The molecule has 3 heterocycles. The highest BCUT2D eigenvalue weighted by molar-refractivity contribution is 5.99. The van der Waals surface area contributed by atoms with E-state index >= 15 is 0 Å². The normalized spacial score (nSPS) is 22.4. The van der Waals surface area contributed by atoms with Crippen LogP contribution in [0.1, 0.15) is 44.2 Å². The standard InChI is InChI=1S/C23H29N3O2/c1-5-16-8-9-26(13-16)17-11-20-21(24-12-17)19(10-14(2)22(20)28-4)18-7-6-15(3)25-23(18)27/h7,10-12,16,23,27H,5-6,8-9,13H2,1-4H3. The number of ether oxygens (including phenoxy) is 1. The average Bonchev–Trinajstić information content (AvgIpc) is 3.16. The molecule has 28 heavy (non-hydrogen) atoms. The summed E-state index contributed by atoms with van der Waals surface area (Å²) in [5, 5.41) is 11.5. The van der Waals surface area contributed by atoms with Crippen molar-refractivity contribution >= 4 is 27.9 Å². The van der Waals surface area contributed by atoms with Gasteiger partial charge in [0.2, 0.25) is 0 Å². The molecule has 1 aromatic heterocycles. The van der Waals surface area contributed by atoms with Crippen molar-refractivity contribution < 1.29 is 9.84 Å². The number of methoxy groups -OCH3 is 1. The number of hydrogen-bond donors (Lipinski definition) is 1. The Morgan fingerprint density at radius 1 is 1.29 bits per heavy atom. The van der Waals surface area contributed by atoms with E-state index in [1.54, 1.807) is 7.11 Å². The van der Waals surface area contributed by atoms with E-state index in [4.69, 9.17) is 9.72 Å². The number of aryl methyl sites for hydroxylation is 1. The number of anilines is 1. The van der Waals surface area contributed by atoms with Gasteiger partial charge in [0, 0.05) is 41.7 Å². The second-order valence-electron chi connectivity index (χ2n) is 7.97. The monoisotopic (exact) mass is 379 g/mol. The second kappa shape index (κ2) is 7.55. The van der Waals surface area contributed by atoms with Crippen LogP contribution in [-0.2, 0) is 0 Å². The first-order valence-electron chi connectivity index (χ1n) is 10.2. The Bertz CT molecular complexity index is 964. The van der Waals surface area contributed by atoms with Crippen LogP contribution in [0.3, 0.4) is 0 Å². The third-order valence-electron chi connectivity index (χ3n) is 6.07. The quantitative estimate of drug-likeness (QED) is 0.858. The highest BCUT2D eigenvalue weighted by Crippen LogP contribution is 2.38. The maximum absolute atomic E-state index is 10.5. The molecule has 0 amide bonds. The molecule has 0 spiro atoms. The van der Waals surface area contributed by atoms with Crippen molar-refractivity contribution in [1.82, 2.24) is 4.98 Å². The Kier molecular flexibility index (Phi) is 5.11. The summed E-state index contributed by atoms with van der Waals surface area (Å²) in [6.45, 7) is 8.41. The van der Waals surface area contributed by atoms with Crippen molar-refractivity contribution in [1.29, 1.82) is 0 Å². The van der Waals surface area contributed by atoms with Gasteiger partial charge in [-0.15, -0.1) is 0 Å². The summed E-state index contributed by atoms with van der Waals surface area (Å²) in [5.41, 5.74) is 5.75. The van der Waals surface area contributed by atoms with Gasteiger partial charge in [0.05, 0.1) is 24.5 Å². The van der Waals surface area contributed by atoms with E-state index in [2.05, 4.69) is 35.0 Å². The first-order chi connectivity index (χ1) is 13.5. The molecule has 4 rings (SSSR count). The molecule has 1 aromatic carbocycles. The van der Waals surface area contributed by atoms with Crippen molar-refractivity contribution in [3.8, 4) is 5.75 Å². The van der Waals surface area contributed by atoms with E-state index in [0.717, 1.165) is 70.2 Å². The lowest BCUT2D eigenvalue weighted by molar-refractivity contribution is 0.241. The minimum absolute atomic E-state index is 0.753. The van der Waals surface area contributed by atoms with Crippen LogP contribution in [0.5, 0.6) is 5.75 Å². The number of aromatic nitrogens is 1. The Morgan fingerprint density at radius 3 is 2.79 bits per heavy atom. The van der Waals surface area contributed by atoms with Crippen molar-refractivity contribution in [2.24, 2.45) is 10.9 Å². The minimum Gasteiger partial charge on any atom is -0.496 e. The Balaban J connectivity index is 1.83. The predicted molar refractivity (Wildman–Crippen MR) is 115 cm³/mol. The van der Waals surface area contributed by atoms with Gasteiger partial charge in [-0.05, 0) is 43.9 Å². The molecule has 1 fully saturated rings. The number of nitrogens with zero attached hydrogens (tertiary/aromatic N) is 3. The molecular formula is C23H29N3O2. The van der Waals surface area contributed by atoms with Crippen LogP contribution in [0.15, 0.2) is 29.4 Å². The van der Waals surface area contributed by atoms with Crippen LogP contribution in [0, 0.1) is 12.8 Å².